The predicted octanol–water partition coefficient (Wildman–Crippen LogP) is 4.46. The van der Waals surface area contributed by atoms with Crippen LogP contribution < -0.4 is 14.8 Å². The molecular formula is C20H18N2O3S. The van der Waals surface area contributed by atoms with Gasteiger partial charge in [0.05, 0.1) is 11.1 Å². The van der Waals surface area contributed by atoms with Gasteiger partial charge >= 0.3 is 0 Å². The number of fused-ring (bicyclic) bond motifs is 1. The molecule has 1 aromatic heterocycles. The highest BCUT2D eigenvalue weighted by molar-refractivity contribution is 7.14. The summed E-state index contributed by atoms with van der Waals surface area (Å²) in [5, 5.41) is 5.43. The molecule has 26 heavy (non-hydrogen) atoms. The molecule has 0 fully saturated rings. The molecule has 1 aliphatic heterocycles. The molecule has 3 aromatic rings. The molecule has 1 aliphatic rings. The van der Waals surface area contributed by atoms with Crippen LogP contribution in [0.5, 0.6) is 11.5 Å². The molecule has 1 amide bonds. The fraction of sp³-hybridized carbons (Fsp3) is 0.200. The van der Waals surface area contributed by atoms with E-state index in [4.69, 9.17) is 9.47 Å². The van der Waals surface area contributed by atoms with Crippen molar-refractivity contribution in [2.75, 3.05) is 12.1 Å². The van der Waals surface area contributed by atoms with Crippen molar-refractivity contribution >= 4 is 22.4 Å². The first-order chi connectivity index (χ1) is 12.5. The van der Waals surface area contributed by atoms with Gasteiger partial charge in [0.1, 0.15) is 0 Å². The number of thiazole rings is 1. The summed E-state index contributed by atoms with van der Waals surface area (Å²) in [6.45, 7) is 4.06. The molecule has 0 radical (unpaired) electrons. The number of anilines is 1. The average Bonchev–Trinajstić information content (AvgIpc) is 3.30. The third-order valence-electron chi connectivity index (χ3n) is 4.46. The lowest BCUT2D eigenvalue weighted by molar-refractivity contribution is -0.120. The largest absolute Gasteiger partial charge is 0.454 e. The molecule has 0 bridgehead atoms. The Labute approximate surface area is 155 Å². The molecular weight excluding hydrogens is 348 g/mol. The normalized spacial score (nSPS) is 12.8. The van der Waals surface area contributed by atoms with Crippen LogP contribution in [0.1, 0.15) is 19.4 Å². The van der Waals surface area contributed by atoms with Crippen molar-refractivity contribution in [1.29, 1.82) is 0 Å². The summed E-state index contributed by atoms with van der Waals surface area (Å²) in [6, 6.07) is 15.4. The lowest BCUT2D eigenvalue weighted by atomic mass is 9.84. The summed E-state index contributed by atoms with van der Waals surface area (Å²) >= 11 is 1.40. The quantitative estimate of drug-likeness (QED) is 0.741. The van der Waals surface area contributed by atoms with Gasteiger partial charge in [0.25, 0.3) is 0 Å². The third-order valence-corrected chi connectivity index (χ3v) is 5.21. The molecule has 0 saturated carbocycles. The number of amides is 1. The van der Waals surface area contributed by atoms with Crippen LogP contribution in [0.15, 0.2) is 53.9 Å². The van der Waals surface area contributed by atoms with E-state index in [-0.39, 0.29) is 12.7 Å². The highest BCUT2D eigenvalue weighted by Crippen LogP contribution is 2.36. The first-order valence-corrected chi connectivity index (χ1v) is 9.14. The molecule has 0 atom stereocenters. The van der Waals surface area contributed by atoms with Gasteiger partial charge in [-0.2, -0.15) is 0 Å². The average molecular weight is 366 g/mol. The maximum Gasteiger partial charge on any atom is 0.236 e. The molecule has 2 aromatic carbocycles. The van der Waals surface area contributed by atoms with E-state index in [9.17, 15) is 4.79 Å². The summed E-state index contributed by atoms with van der Waals surface area (Å²) in [7, 11) is 0. The number of benzene rings is 2. The van der Waals surface area contributed by atoms with Gasteiger partial charge in [-0.1, -0.05) is 30.3 Å². The number of hydrogen-bond acceptors (Lipinski definition) is 5. The minimum Gasteiger partial charge on any atom is -0.454 e. The summed E-state index contributed by atoms with van der Waals surface area (Å²) in [5.41, 5.74) is 2.03. The van der Waals surface area contributed by atoms with E-state index in [1.54, 1.807) is 0 Å². The number of ether oxygens (including phenoxy) is 2. The molecule has 0 spiro atoms. The predicted molar refractivity (Wildman–Crippen MR) is 102 cm³/mol. The number of nitrogens with zero attached hydrogens (tertiary/aromatic N) is 1. The summed E-state index contributed by atoms with van der Waals surface area (Å²) in [5.74, 6) is 1.36. The smallest absolute Gasteiger partial charge is 0.236 e. The van der Waals surface area contributed by atoms with Crippen LogP contribution in [0.3, 0.4) is 0 Å². The van der Waals surface area contributed by atoms with Crippen LogP contribution in [-0.4, -0.2) is 17.7 Å². The van der Waals surface area contributed by atoms with Gasteiger partial charge in [0, 0.05) is 10.9 Å². The van der Waals surface area contributed by atoms with Crippen molar-refractivity contribution in [3.63, 3.8) is 0 Å². The molecule has 0 saturated heterocycles. The van der Waals surface area contributed by atoms with Crippen LogP contribution in [0.2, 0.25) is 0 Å². The van der Waals surface area contributed by atoms with E-state index in [1.165, 1.54) is 11.3 Å². The Balaban J connectivity index is 1.52. The lowest BCUT2D eigenvalue weighted by Crippen LogP contribution is -2.34. The van der Waals surface area contributed by atoms with Crippen LogP contribution in [0, 0.1) is 0 Å². The molecule has 6 heteroatoms. The van der Waals surface area contributed by atoms with Crippen molar-refractivity contribution in [2.45, 2.75) is 19.3 Å². The van der Waals surface area contributed by atoms with Crippen LogP contribution >= 0.6 is 11.3 Å². The fourth-order valence-corrected chi connectivity index (χ4v) is 3.47. The number of nitrogens with one attached hydrogen (secondary N) is 1. The minimum absolute atomic E-state index is 0.0877. The van der Waals surface area contributed by atoms with Crippen molar-refractivity contribution < 1.29 is 14.3 Å². The molecule has 132 valence electrons. The fourth-order valence-electron chi connectivity index (χ4n) is 2.76. The first kappa shape index (κ1) is 16.6. The summed E-state index contributed by atoms with van der Waals surface area (Å²) in [6.07, 6.45) is 0. The van der Waals surface area contributed by atoms with E-state index < -0.39 is 5.41 Å². The van der Waals surface area contributed by atoms with Crippen LogP contribution in [-0.2, 0) is 10.2 Å². The number of hydrogen-bond donors (Lipinski definition) is 1. The van der Waals surface area contributed by atoms with Crippen LogP contribution in [0.25, 0.3) is 11.3 Å². The van der Waals surface area contributed by atoms with E-state index in [0.29, 0.717) is 10.9 Å². The molecule has 5 nitrogen and oxygen atoms in total. The van der Waals surface area contributed by atoms with Gasteiger partial charge < -0.3 is 14.8 Å². The van der Waals surface area contributed by atoms with Gasteiger partial charge in [0.15, 0.2) is 16.6 Å². The lowest BCUT2D eigenvalue weighted by Gasteiger charge is -2.23. The highest BCUT2D eigenvalue weighted by atomic mass is 32.1. The van der Waals surface area contributed by atoms with Gasteiger partial charge in [-0.25, -0.2) is 4.98 Å². The molecule has 0 unspecified atom stereocenters. The summed E-state index contributed by atoms with van der Waals surface area (Å²) in [4.78, 5) is 17.3. The van der Waals surface area contributed by atoms with E-state index in [1.807, 2.05) is 67.8 Å². The number of carbonyl (C=O) groups excluding carboxylic acids is 1. The Kier molecular flexibility index (Phi) is 4.12. The zero-order valence-corrected chi connectivity index (χ0v) is 15.3. The van der Waals surface area contributed by atoms with E-state index in [0.717, 1.165) is 22.6 Å². The Hall–Kier alpha value is -2.86. The number of aromatic nitrogens is 1. The van der Waals surface area contributed by atoms with Crippen molar-refractivity contribution in [3.8, 4) is 22.8 Å². The zero-order chi connectivity index (χ0) is 18.1. The highest BCUT2D eigenvalue weighted by Gasteiger charge is 2.30. The summed E-state index contributed by atoms with van der Waals surface area (Å²) < 4.78 is 10.7. The van der Waals surface area contributed by atoms with Crippen molar-refractivity contribution in [3.05, 3.63) is 59.5 Å². The Morgan fingerprint density at radius 2 is 1.88 bits per heavy atom. The SMILES string of the molecule is CC(C)(C(=O)Nc1nc(-c2ccc3c(c2)OCO3)cs1)c1ccccc1. The van der Waals surface area contributed by atoms with Crippen molar-refractivity contribution in [1.82, 2.24) is 4.98 Å². The number of rotatable bonds is 4. The van der Waals surface area contributed by atoms with E-state index in [2.05, 4.69) is 10.3 Å². The maximum atomic E-state index is 12.8. The van der Waals surface area contributed by atoms with E-state index >= 15 is 0 Å². The Morgan fingerprint density at radius 1 is 1.12 bits per heavy atom. The van der Waals surface area contributed by atoms with Gasteiger partial charge in [-0.15, -0.1) is 11.3 Å². The molecule has 4 rings (SSSR count). The zero-order valence-electron chi connectivity index (χ0n) is 14.5. The van der Waals surface area contributed by atoms with Gasteiger partial charge in [-0.3, -0.25) is 4.79 Å². The third kappa shape index (κ3) is 3.04. The van der Waals surface area contributed by atoms with Crippen molar-refractivity contribution in [2.24, 2.45) is 0 Å². The number of carbonyl (C=O) groups is 1. The minimum atomic E-state index is -0.647. The second-order valence-corrected chi connectivity index (χ2v) is 7.41. The molecule has 0 aliphatic carbocycles. The monoisotopic (exact) mass is 366 g/mol. The van der Waals surface area contributed by atoms with Gasteiger partial charge in [0.2, 0.25) is 12.7 Å². The molecule has 1 N–H and O–H groups in total. The molecule has 2 heterocycles. The Bertz CT molecular complexity index is 951. The first-order valence-electron chi connectivity index (χ1n) is 8.26. The maximum absolute atomic E-state index is 12.8. The second-order valence-electron chi connectivity index (χ2n) is 6.55. The second kappa shape index (κ2) is 6.46. The Morgan fingerprint density at radius 3 is 2.69 bits per heavy atom. The van der Waals surface area contributed by atoms with Gasteiger partial charge in [-0.05, 0) is 37.6 Å². The standard InChI is InChI=1S/C20H18N2O3S/c1-20(2,14-6-4-3-5-7-14)18(23)22-19-21-15(11-26-19)13-8-9-16-17(10-13)25-12-24-16/h3-11H,12H2,1-2H3,(H,21,22,23). The van der Waals surface area contributed by atoms with Crippen LogP contribution in [0.4, 0.5) is 5.13 Å². The topological polar surface area (TPSA) is 60.5 Å².